The van der Waals surface area contributed by atoms with Gasteiger partial charge in [-0.3, -0.25) is 0 Å². The topological polar surface area (TPSA) is 9.72 Å². The fourth-order valence-corrected chi connectivity index (χ4v) is 16.4. The molecule has 4 aliphatic rings. The molecule has 8 aromatic carbocycles. The van der Waals surface area contributed by atoms with Crippen molar-refractivity contribution in [1.82, 2.24) is 0 Å². The Morgan fingerprint density at radius 1 is 0.463 bits per heavy atom. The summed E-state index contributed by atoms with van der Waals surface area (Å²) in [6, 6.07) is 53.5. The zero-order valence-corrected chi connectivity index (χ0v) is 53.0. The molecule has 0 spiro atoms. The van der Waals surface area contributed by atoms with Gasteiger partial charge >= 0.3 is 0 Å². The third kappa shape index (κ3) is 8.54. The summed E-state index contributed by atoms with van der Waals surface area (Å²) in [6.45, 7) is 39.5. The molecular formula is C77H86BN3S. The number of benzene rings is 8. The minimum absolute atomic E-state index is 0.0160. The maximum Gasteiger partial charge on any atom is 0.252 e. The van der Waals surface area contributed by atoms with Gasteiger partial charge in [0.05, 0.1) is 10.4 Å². The highest BCUT2D eigenvalue weighted by Crippen LogP contribution is 2.56. The molecule has 0 radical (unpaired) electrons. The normalized spacial score (nSPS) is 18.1. The highest BCUT2D eigenvalue weighted by Gasteiger charge is 2.49. The lowest BCUT2D eigenvalue weighted by Gasteiger charge is -2.46. The van der Waals surface area contributed by atoms with E-state index >= 15 is 0 Å². The molecule has 0 bridgehead atoms. The predicted octanol–water partition coefficient (Wildman–Crippen LogP) is 20.4. The van der Waals surface area contributed by atoms with E-state index in [1.54, 1.807) is 0 Å². The molecule has 0 N–H and O–H groups in total. The van der Waals surface area contributed by atoms with E-state index in [-0.39, 0.29) is 44.6 Å². The van der Waals surface area contributed by atoms with Gasteiger partial charge in [-0.25, -0.2) is 0 Å². The van der Waals surface area contributed by atoms with Crippen LogP contribution in [0.25, 0.3) is 20.2 Å². The molecule has 0 saturated carbocycles. The number of fused-ring (bicyclic) bond motifs is 9. The van der Waals surface area contributed by atoms with Crippen LogP contribution in [0.5, 0.6) is 0 Å². The fourth-order valence-electron chi connectivity index (χ4n) is 15.1. The molecular weight excluding hydrogens is 1010 g/mol. The lowest BCUT2D eigenvalue weighted by molar-refractivity contribution is 0.332. The summed E-state index contributed by atoms with van der Waals surface area (Å²) in [7, 11) is 0. The second-order valence-corrected chi connectivity index (χ2v) is 31.8. The Bertz CT molecular complexity index is 4170. The number of rotatable bonds is 5. The molecule has 3 heterocycles. The smallest absolute Gasteiger partial charge is 0.252 e. The standard InChI is InChI=1S/C77H86BN3S/c1-46-37-66-69-67(38-46)81(63-43-58-56(39-47(63)2)74(12,13)35-36-75(58,14)15)65-44-59-57(76(16,17)45-77(59,18)19)42-61(65)78(69)60-34-32-53(79(51-28-23-48(24-29-51)71(3,4)5)52-30-25-49(26-31-52)72(6,7)8)41-64(60)80(66)62-22-20-21-55-54-33-27-50(73(9,10)11)40-68(54)82-70(55)62/h20-34,37-44H,35-36,45H2,1-19H3/i1D3. The Kier molecular flexibility index (Phi) is 11.2. The minimum Gasteiger partial charge on any atom is -0.311 e. The molecule has 0 saturated heterocycles. The van der Waals surface area contributed by atoms with E-state index in [0.717, 1.165) is 75.9 Å². The molecule has 5 heteroatoms. The van der Waals surface area contributed by atoms with Crippen molar-refractivity contribution in [3.05, 3.63) is 190 Å². The third-order valence-corrected chi connectivity index (χ3v) is 21.0. The SMILES string of the molecule is [2H]C([2H])([2H])c1cc2c3c(c1)N(c1cccc4c1sc1cc(C(C)(C)C)ccc14)c1cc(N(c4ccc(C(C)(C)C)cc4)c4ccc(C(C)(C)C)cc4)ccc1B3c1cc3c(cc1N2c1cc2c(cc1C)C(C)(C)CCC2(C)C)C(C)(C)CC3(C)C. The average molecular weight is 1100 g/mol. The van der Waals surface area contributed by atoms with E-state index in [1.807, 2.05) is 23.5 Å². The highest BCUT2D eigenvalue weighted by atomic mass is 32.1. The van der Waals surface area contributed by atoms with Crippen LogP contribution in [0.4, 0.5) is 51.2 Å². The lowest BCUT2D eigenvalue weighted by Crippen LogP contribution is -2.61. The van der Waals surface area contributed by atoms with Crippen molar-refractivity contribution in [2.24, 2.45) is 0 Å². The van der Waals surface area contributed by atoms with Crippen LogP contribution in [-0.2, 0) is 37.9 Å². The Morgan fingerprint density at radius 3 is 1.54 bits per heavy atom. The molecule has 418 valence electrons. The van der Waals surface area contributed by atoms with E-state index in [9.17, 15) is 4.11 Å². The number of nitrogens with zero attached hydrogens (tertiary/aromatic N) is 3. The second kappa shape index (κ2) is 18.0. The molecule has 9 aromatic rings. The monoisotopic (exact) mass is 1100 g/mol. The molecule has 82 heavy (non-hydrogen) atoms. The summed E-state index contributed by atoms with van der Waals surface area (Å²) in [5, 5.41) is 2.43. The molecule has 2 aliphatic heterocycles. The molecule has 0 unspecified atom stereocenters. The molecule has 1 aromatic heterocycles. The van der Waals surface area contributed by atoms with Crippen LogP contribution in [0.1, 0.15) is 191 Å². The van der Waals surface area contributed by atoms with Crippen LogP contribution < -0.4 is 31.1 Å². The minimum atomic E-state index is -2.43. The van der Waals surface area contributed by atoms with Crippen molar-refractivity contribution >= 4 is 106 Å². The number of hydrogen-bond acceptors (Lipinski definition) is 4. The molecule has 3 nitrogen and oxygen atoms in total. The van der Waals surface area contributed by atoms with Crippen LogP contribution in [0.15, 0.2) is 140 Å². The number of hydrogen-bond donors (Lipinski definition) is 0. The second-order valence-electron chi connectivity index (χ2n) is 30.8. The van der Waals surface area contributed by atoms with Gasteiger partial charge in [0.2, 0.25) is 0 Å². The molecule has 0 amide bonds. The lowest BCUT2D eigenvalue weighted by atomic mass is 9.33. The van der Waals surface area contributed by atoms with Gasteiger partial charge in [0.1, 0.15) is 0 Å². The van der Waals surface area contributed by atoms with Crippen LogP contribution in [0, 0.1) is 13.8 Å². The summed E-state index contributed by atoms with van der Waals surface area (Å²) in [4.78, 5) is 7.41. The summed E-state index contributed by atoms with van der Waals surface area (Å²) >= 11 is 1.85. The Balaban J connectivity index is 1.16. The Hall–Kier alpha value is -6.56. The van der Waals surface area contributed by atoms with Gasteiger partial charge < -0.3 is 14.7 Å². The summed E-state index contributed by atoms with van der Waals surface area (Å²) in [5.74, 6) is 0. The fraction of sp³-hybridized carbons (Fsp3) is 0.377. The summed E-state index contributed by atoms with van der Waals surface area (Å²) in [6.07, 6.45) is 3.24. The van der Waals surface area contributed by atoms with Gasteiger partial charge in [-0.2, -0.15) is 0 Å². The van der Waals surface area contributed by atoms with Crippen molar-refractivity contribution in [3.63, 3.8) is 0 Å². The number of thiophene rings is 1. The van der Waals surface area contributed by atoms with Crippen molar-refractivity contribution in [3.8, 4) is 0 Å². The molecule has 2 aliphatic carbocycles. The van der Waals surface area contributed by atoms with E-state index in [0.29, 0.717) is 5.56 Å². The number of anilines is 9. The van der Waals surface area contributed by atoms with E-state index in [1.165, 1.54) is 75.6 Å². The van der Waals surface area contributed by atoms with Gasteiger partial charge in [-0.15, -0.1) is 11.3 Å². The predicted molar refractivity (Wildman–Crippen MR) is 360 cm³/mol. The van der Waals surface area contributed by atoms with Crippen LogP contribution in [-0.4, -0.2) is 6.71 Å². The molecule has 13 rings (SSSR count). The zero-order chi connectivity index (χ0) is 60.8. The Morgan fingerprint density at radius 2 is 0.963 bits per heavy atom. The highest BCUT2D eigenvalue weighted by molar-refractivity contribution is 7.26. The van der Waals surface area contributed by atoms with E-state index in [2.05, 4.69) is 267 Å². The number of aryl methyl sites for hydroxylation is 2. The first-order valence-electron chi connectivity index (χ1n) is 31.8. The Labute approximate surface area is 500 Å². The first kappa shape index (κ1) is 51.1. The zero-order valence-electron chi connectivity index (χ0n) is 55.2. The van der Waals surface area contributed by atoms with Gasteiger partial charge in [-0.05, 0) is 210 Å². The van der Waals surface area contributed by atoms with Crippen LogP contribution in [0.3, 0.4) is 0 Å². The largest absolute Gasteiger partial charge is 0.311 e. The van der Waals surface area contributed by atoms with Crippen molar-refractivity contribution < 1.29 is 4.11 Å². The van der Waals surface area contributed by atoms with Gasteiger partial charge in [0.25, 0.3) is 6.71 Å². The van der Waals surface area contributed by atoms with Crippen LogP contribution >= 0.6 is 11.3 Å². The van der Waals surface area contributed by atoms with Crippen molar-refractivity contribution in [2.75, 3.05) is 14.7 Å². The van der Waals surface area contributed by atoms with Gasteiger partial charge in [0.15, 0.2) is 0 Å². The quantitative estimate of drug-likeness (QED) is 0.159. The van der Waals surface area contributed by atoms with Crippen molar-refractivity contribution in [2.45, 2.75) is 189 Å². The average Bonchev–Trinajstić information content (AvgIpc) is 1.53. The first-order chi connectivity index (χ1) is 39.5. The van der Waals surface area contributed by atoms with E-state index < -0.39 is 6.85 Å². The summed E-state index contributed by atoms with van der Waals surface area (Å²) < 4.78 is 30.8. The maximum atomic E-state index is 9.47. The molecule has 0 atom stereocenters. The maximum absolute atomic E-state index is 9.47. The van der Waals surface area contributed by atoms with Crippen molar-refractivity contribution in [1.29, 1.82) is 0 Å². The first-order valence-corrected chi connectivity index (χ1v) is 31.1. The molecule has 0 fully saturated rings. The van der Waals surface area contributed by atoms with E-state index in [4.69, 9.17) is 0 Å². The van der Waals surface area contributed by atoms with Gasteiger partial charge in [0, 0.05) is 65.1 Å². The summed E-state index contributed by atoms with van der Waals surface area (Å²) in [5.41, 5.74) is 23.6. The third-order valence-electron chi connectivity index (χ3n) is 19.8. The van der Waals surface area contributed by atoms with Crippen LogP contribution in [0.2, 0.25) is 0 Å². The van der Waals surface area contributed by atoms with Gasteiger partial charge in [-0.1, -0.05) is 184 Å².